The Morgan fingerprint density at radius 1 is 1.02 bits per heavy atom. The van der Waals surface area contributed by atoms with Crippen LogP contribution in [-0.4, -0.2) is 46.5 Å². The summed E-state index contributed by atoms with van der Waals surface area (Å²) in [6.45, 7) is -0.188. The highest BCUT2D eigenvalue weighted by molar-refractivity contribution is 14.2. The fourth-order valence-corrected chi connectivity index (χ4v) is 7.63. The van der Waals surface area contributed by atoms with Crippen LogP contribution in [0, 0.1) is 0 Å². The van der Waals surface area contributed by atoms with Crippen molar-refractivity contribution in [2.75, 3.05) is 17.6 Å². The van der Waals surface area contributed by atoms with Crippen molar-refractivity contribution in [2.45, 2.75) is 23.6 Å². The molecule has 0 bridgehead atoms. The second kappa shape index (κ2) is 14.3. The number of alkyl halides is 1. The van der Waals surface area contributed by atoms with Gasteiger partial charge in [0, 0.05) is 33.8 Å². The van der Waals surface area contributed by atoms with E-state index in [1.165, 1.54) is 0 Å². The molecule has 0 saturated heterocycles. The summed E-state index contributed by atoms with van der Waals surface area (Å²) in [4.78, 5) is 25.9. The van der Waals surface area contributed by atoms with Crippen LogP contribution < -0.4 is 10.6 Å². The molecule has 0 radical (unpaired) electrons. The van der Waals surface area contributed by atoms with Crippen molar-refractivity contribution in [3.63, 3.8) is 0 Å². The number of amides is 2. The van der Waals surface area contributed by atoms with Crippen LogP contribution in [-0.2, 0) is 19.7 Å². The summed E-state index contributed by atoms with van der Waals surface area (Å²) in [7, 11) is -4.15. The van der Waals surface area contributed by atoms with E-state index in [0.717, 1.165) is 14.7 Å². The molecule has 1 aliphatic carbocycles. The molecule has 4 rings (SSSR count). The third kappa shape index (κ3) is 9.36. The van der Waals surface area contributed by atoms with E-state index < -0.39 is 48.4 Å². The fourth-order valence-electron chi connectivity index (χ4n) is 4.19. The number of anilines is 1. The highest BCUT2D eigenvalue weighted by Crippen LogP contribution is 2.35. The van der Waals surface area contributed by atoms with Crippen LogP contribution in [0.3, 0.4) is 0 Å². The largest absolute Gasteiger partial charge is 0.351 e. The Hall–Kier alpha value is -2.28. The molecule has 0 aromatic heterocycles. The van der Waals surface area contributed by atoms with Crippen molar-refractivity contribution >= 4 is 87.2 Å². The van der Waals surface area contributed by atoms with Crippen LogP contribution in [0.5, 0.6) is 0 Å². The van der Waals surface area contributed by atoms with Crippen LogP contribution >= 0.6 is 55.5 Å². The quantitative estimate of drug-likeness (QED) is 0.147. The van der Waals surface area contributed by atoms with Gasteiger partial charge in [-0.15, -0.1) is 11.6 Å². The molecule has 2 aromatic carbocycles. The molecule has 3 N–H and O–H groups in total. The third-order valence-corrected chi connectivity index (χ3v) is 10.5. The van der Waals surface area contributed by atoms with E-state index >= 15 is 0 Å². The van der Waals surface area contributed by atoms with E-state index in [0.29, 0.717) is 27.7 Å². The van der Waals surface area contributed by atoms with Gasteiger partial charge in [-0.25, -0.2) is 0 Å². The molecule has 3 atom stereocenters. The second-order valence-corrected chi connectivity index (χ2v) is 14.9. The van der Waals surface area contributed by atoms with Crippen molar-refractivity contribution in [3.05, 3.63) is 109 Å². The zero-order chi connectivity index (χ0) is 29.6. The summed E-state index contributed by atoms with van der Waals surface area (Å²) < 4.78 is 33.4. The van der Waals surface area contributed by atoms with Gasteiger partial charge in [-0.3, -0.25) is 14.1 Å². The molecule has 7 nitrogen and oxygen atoms in total. The first-order chi connectivity index (χ1) is 19.5. The normalized spacial score (nSPS) is 19.3. The number of carbonyl (C=O) groups excluding carboxylic acids is 2. The van der Waals surface area contributed by atoms with Gasteiger partial charge in [0.05, 0.1) is 17.0 Å². The molecule has 0 saturated carbocycles. The van der Waals surface area contributed by atoms with Gasteiger partial charge in [-0.05, 0) is 67.6 Å². The maximum Gasteiger partial charge on any atom is 0.266 e. The zero-order valence-electron chi connectivity index (χ0n) is 21.4. The predicted molar refractivity (Wildman–Crippen MR) is 175 cm³/mol. The first-order valence-electron chi connectivity index (χ1n) is 12.5. The van der Waals surface area contributed by atoms with Crippen LogP contribution in [0.15, 0.2) is 93.1 Å². The molecule has 2 amide bonds. The van der Waals surface area contributed by atoms with Crippen molar-refractivity contribution in [3.8, 4) is 0 Å². The Morgan fingerprint density at radius 2 is 1.73 bits per heavy atom. The Balaban J connectivity index is 1.45. The summed E-state index contributed by atoms with van der Waals surface area (Å²) in [5, 5.41) is 6.43. The minimum Gasteiger partial charge on any atom is -0.351 e. The van der Waals surface area contributed by atoms with Gasteiger partial charge in [0.25, 0.3) is 16.0 Å². The van der Waals surface area contributed by atoms with Gasteiger partial charge in [0.15, 0.2) is 0 Å². The van der Waals surface area contributed by atoms with E-state index in [-0.39, 0.29) is 23.7 Å². The molecule has 1 heterocycles. The van der Waals surface area contributed by atoms with Gasteiger partial charge < -0.3 is 10.6 Å². The lowest BCUT2D eigenvalue weighted by Gasteiger charge is -2.21. The summed E-state index contributed by atoms with van der Waals surface area (Å²) in [5.41, 5.74) is 2.90. The molecule has 3 unspecified atom stereocenters. The summed E-state index contributed by atoms with van der Waals surface area (Å²) in [6.07, 6.45) is 9.54. The Labute approximate surface area is 263 Å². The molecular formula is C29H26Cl3IN2O5S. The van der Waals surface area contributed by atoms with Crippen LogP contribution in [0.4, 0.5) is 5.69 Å². The zero-order valence-corrected chi connectivity index (χ0v) is 26.7. The molecule has 1 aliphatic heterocycles. The maximum atomic E-state index is 13.5. The second-order valence-electron chi connectivity index (χ2n) is 9.30. The summed E-state index contributed by atoms with van der Waals surface area (Å²) >= 11 is 17.9. The Morgan fingerprint density at radius 3 is 2.34 bits per heavy atom. The fraction of sp³-hybridized carbons (Fsp3) is 0.207. The van der Waals surface area contributed by atoms with Crippen molar-refractivity contribution in [1.82, 2.24) is 5.32 Å². The lowest BCUT2D eigenvalue weighted by Crippen LogP contribution is -2.30. The van der Waals surface area contributed by atoms with Gasteiger partial charge in [-0.1, -0.05) is 80.4 Å². The molecule has 0 spiro atoms. The predicted octanol–water partition coefficient (Wildman–Crippen LogP) is 6.44. The third-order valence-electron chi connectivity index (χ3n) is 6.34. The van der Waals surface area contributed by atoms with Crippen molar-refractivity contribution < 1.29 is 22.6 Å². The van der Waals surface area contributed by atoms with Gasteiger partial charge in [-0.2, -0.15) is 8.42 Å². The number of rotatable bonds is 10. The monoisotopic (exact) mass is 746 g/mol. The molecule has 12 heteroatoms. The molecule has 2 aromatic rings. The summed E-state index contributed by atoms with van der Waals surface area (Å²) in [5.74, 6) is -1.66. The number of nitrogens with one attached hydrogen (secondary N) is 2. The highest BCUT2D eigenvalue weighted by atomic mass is 127. The Kier molecular flexibility index (Phi) is 11.0. The van der Waals surface area contributed by atoms with Crippen molar-refractivity contribution in [2.24, 2.45) is 0 Å². The van der Waals surface area contributed by atoms with Crippen LogP contribution in [0.25, 0.3) is 0 Å². The lowest BCUT2D eigenvalue weighted by atomic mass is 9.91. The average molecular weight is 748 g/mol. The standard InChI is InChI=1S/C29H26Cl3IN2O5S/c30-21-6-1-19(2-7-21)26(16-23-9-3-20(17-33-23)28(36)34-13-14-41(38,39)40)29(37)35-24-10-4-18(5-11-24)25-12-8-22(31)15-27(25)32/h1-12,15,17,25-27H,13-14,16H2,(H,34,36)(H,35,37)(H,38,39,40). The smallest absolute Gasteiger partial charge is 0.266 e. The first kappa shape index (κ1) is 31.7. The minimum atomic E-state index is -4.15. The highest BCUT2D eigenvalue weighted by Gasteiger charge is 2.24. The molecule has 216 valence electrons. The van der Waals surface area contributed by atoms with Crippen LogP contribution in [0.1, 0.15) is 29.4 Å². The van der Waals surface area contributed by atoms with Gasteiger partial charge in [0.2, 0.25) is 5.91 Å². The average Bonchev–Trinajstić information content (AvgIpc) is 2.92. The maximum absolute atomic E-state index is 13.5. The molecule has 0 fully saturated rings. The lowest BCUT2D eigenvalue weighted by molar-refractivity contribution is -0.118. The number of hydrogen-bond acceptors (Lipinski definition) is 4. The molecule has 2 aliphatic rings. The number of hydrogen-bond donors (Lipinski definition) is 3. The van der Waals surface area contributed by atoms with Gasteiger partial charge >= 0.3 is 0 Å². The topological polar surface area (TPSA) is 113 Å². The number of benzene rings is 2. The van der Waals surface area contributed by atoms with Gasteiger partial charge in [0.1, 0.15) is 0 Å². The minimum absolute atomic E-state index is 0.0214. The SMILES string of the molecule is O=C(NCCS(=O)(=O)O)C1=CC=C(CC(C(=O)Nc2ccc(C3C=CC(Cl)=CC3Cl)cc2)c2ccc(Cl)cc2)I=C1. The van der Waals surface area contributed by atoms with E-state index in [9.17, 15) is 18.0 Å². The van der Waals surface area contributed by atoms with Crippen molar-refractivity contribution in [1.29, 1.82) is 0 Å². The summed E-state index contributed by atoms with van der Waals surface area (Å²) in [6, 6.07) is 14.7. The van der Waals surface area contributed by atoms with E-state index in [1.54, 1.807) is 24.3 Å². The van der Waals surface area contributed by atoms with Crippen LogP contribution in [0.2, 0.25) is 5.02 Å². The number of halogens is 4. The number of carbonyl (C=O) groups is 2. The number of allylic oxidation sites excluding steroid dienone is 7. The van der Waals surface area contributed by atoms with E-state index in [2.05, 4.69) is 10.6 Å². The molecular weight excluding hydrogens is 722 g/mol. The van der Waals surface area contributed by atoms with E-state index in [1.807, 2.05) is 58.6 Å². The molecule has 41 heavy (non-hydrogen) atoms. The first-order valence-corrected chi connectivity index (χ1v) is 17.6. The Bertz CT molecular complexity index is 1570. The van der Waals surface area contributed by atoms with E-state index in [4.69, 9.17) is 39.4 Å².